The summed E-state index contributed by atoms with van der Waals surface area (Å²) in [6.45, 7) is 5.06. The van der Waals surface area contributed by atoms with Crippen LogP contribution in [0.3, 0.4) is 0 Å². The van der Waals surface area contributed by atoms with Crippen LogP contribution in [-0.4, -0.2) is 54.5 Å². The summed E-state index contributed by atoms with van der Waals surface area (Å²) in [6.07, 6.45) is 1.41. The Labute approximate surface area is 118 Å². The number of hydrogen-bond donors (Lipinski definition) is 2. The number of carboxylic acid groups (broad SMARTS) is 1. The maximum Gasteiger partial charge on any atom is 0.326 e. The van der Waals surface area contributed by atoms with Crippen molar-refractivity contribution in [2.45, 2.75) is 39.0 Å². The SMILES string of the molecule is CCOC(CCSCCC(NC=O)C(=O)O)OCC. The van der Waals surface area contributed by atoms with Crippen LogP contribution in [-0.2, 0) is 19.1 Å². The molecule has 0 aliphatic carbocycles. The molecule has 1 amide bonds. The summed E-state index contributed by atoms with van der Waals surface area (Å²) >= 11 is 1.63. The van der Waals surface area contributed by atoms with E-state index in [1.165, 1.54) is 0 Å². The van der Waals surface area contributed by atoms with E-state index in [1.54, 1.807) is 11.8 Å². The molecule has 0 aromatic heterocycles. The molecule has 0 saturated heterocycles. The van der Waals surface area contributed by atoms with Crippen LogP contribution in [0.5, 0.6) is 0 Å². The van der Waals surface area contributed by atoms with Gasteiger partial charge in [-0.1, -0.05) is 0 Å². The van der Waals surface area contributed by atoms with Crippen LogP contribution in [0, 0.1) is 0 Å². The monoisotopic (exact) mass is 293 g/mol. The highest BCUT2D eigenvalue weighted by Gasteiger charge is 2.15. The normalized spacial score (nSPS) is 12.4. The Morgan fingerprint density at radius 1 is 1.26 bits per heavy atom. The first-order valence-electron chi connectivity index (χ1n) is 6.39. The summed E-state index contributed by atoms with van der Waals surface area (Å²) in [5.74, 6) is 0.496. The molecule has 19 heavy (non-hydrogen) atoms. The molecule has 0 radical (unpaired) electrons. The molecular weight excluding hydrogens is 270 g/mol. The van der Waals surface area contributed by atoms with Crippen LogP contribution in [0.4, 0.5) is 0 Å². The van der Waals surface area contributed by atoms with Crippen molar-refractivity contribution in [1.82, 2.24) is 5.32 Å². The first-order valence-corrected chi connectivity index (χ1v) is 7.54. The Bertz CT molecular complexity index is 246. The van der Waals surface area contributed by atoms with E-state index in [0.717, 1.165) is 12.2 Å². The molecule has 1 atom stereocenters. The highest BCUT2D eigenvalue weighted by molar-refractivity contribution is 7.99. The summed E-state index contributed by atoms with van der Waals surface area (Å²) in [5, 5.41) is 11.1. The van der Waals surface area contributed by atoms with Gasteiger partial charge in [0.05, 0.1) is 0 Å². The minimum absolute atomic E-state index is 0.189. The Morgan fingerprint density at radius 3 is 2.32 bits per heavy atom. The molecule has 0 aromatic carbocycles. The van der Waals surface area contributed by atoms with Gasteiger partial charge in [0, 0.05) is 19.6 Å². The van der Waals surface area contributed by atoms with E-state index in [2.05, 4.69) is 5.32 Å². The Morgan fingerprint density at radius 2 is 1.84 bits per heavy atom. The van der Waals surface area contributed by atoms with Crippen LogP contribution >= 0.6 is 11.8 Å². The topological polar surface area (TPSA) is 84.9 Å². The van der Waals surface area contributed by atoms with Gasteiger partial charge in [-0.25, -0.2) is 4.79 Å². The average molecular weight is 293 g/mol. The first-order chi connectivity index (χ1) is 9.15. The molecular formula is C12H23NO5S. The third-order valence-electron chi connectivity index (χ3n) is 2.32. The molecule has 112 valence electrons. The van der Waals surface area contributed by atoms with Gasteiger partial charge >= 0.3 is 5.97 Å². The maximum absolute atomic E-state index is 10.8. The molecule has 0 aromatic rings. The van der Waals surface area contributed by atoms with E-state index in [9.17, 15) is 9.59 Å². The predicted molar refractivity (Wildman–Crippen MR) is 74.2 cm³/mol. The zero-order valence-electron chi connectivity index (χ0n) is 11.5. The molecule has 6 nitrogen and oxygen atoms in total. The quantitative estimate of drug-likeness (QED) is 0.300. The number of hydrogen-bond acceptors (Lipinski definition) is 5. The van der Waals surface area contributed by atoms with E-state index in [1.807, 2.05) is 13.8 Å². The number of ether oxygens (including phenoxy) is 2. The van der Waals surface area contributed by atoms with Crippen molar-refractivity contribution in [1.29, 1.82) is 0 Å². The van der Waals surface area contributed by atoms with Gasteiger partial charge in [0.15, 0.2) is 6.29 Å². The van der Waals surface area contributed by atoms with E-state index < -0.39 is 12.0 Å². The number of thioether (sulfide) groups is 1. The van der Waals surface area contributed by atoms with Gasteiger partial charge in [-0.2, -0.15) is 11.8 Å². The van der Waals surface area contributed by atoms with Crippen LogP contribution in [0.25, 0.3) is 0 Å². The Hall–Kier alpha value is -0.790. The van der Waals surface area contributed by atoms with Gasteiger partial charge in [0.25, 0.3) is 0 Å². The molecule has 0 saturated carbocycles. The molecule has 1 unspecified atom stereocenters. The second-order valence-electron chi connectivity index (χ2n) is 3.71. The molecule has 7 heteroatoms. The van der Waals surface area contributed by atoms with Crippen molar-refractivity contribution in [2.75, 3.05) is 24.7 Å². The summed E-state index contributed by atoms with van der Waals surface area (Å²) in [4.78, 5) is 21.0. The lowest BCUT2D eigenvalue weighted by atomic mass is 10.2. The number of rotatable bonds is 13. The largest absolute Gasteiger partial charge is 0.480 e. The van der Waals surface area contributed by atoms with Gasteiger partial charge in [0.2, 0.25) is 6.41 Å². The fourth-order valence-electron chi connectivity index (χ4n) is 1.43. The van der Waals surface area contributed by atoms with Crippen LogP contribution in [0.15, 0.2) is 0 Å². The van der Waals surface area contributed by atoms with E-state index in [-0.39, 0.29) is 6.29 Å². The van der Waals surface area contributed by atoms with E-state index >= 15 is 0 Å². The fourth-order valence-corrected chi connectivity index (χ4v) is 2.40. The average Bonchev–Trinajstić information content (AvgIpc) is 2.37. The molecule has 0 aliphatic heterocycles. The van der Waals surface area contributed by atoms with Crippen LogP contribution in [0.1, 0.15) is 26.7 Å². The van der Waals surface area contributed by atoms with Gasteiger partial charge < -0.3 is 19.9 Å². The molecule has 2 N–H and O–H groups in total. The van der Waals surface area contributed by atoms with Gasteiger partial charge in [-0.05, 0) is 31.8 Å². The third-order valence-corrected chi connectivity index (χ3v) is 3.37. The van der Waals surface area contributed by atoms with Gasteiger partial charge in [-0.3, -0.25) is 4.79 Å². The summed E-state index contributed by atoms with van der Waals surface area (Å²) < 4.78 is 10.8. The number of carbonyl (C=O) groups is 2. The second-order valence-corrected chi connectivity index (χ2v) is 4.93. The van der Waals surface area contributed by atoms with Crippen molar-refractivity contribution in [3.63, 3.8) is 0 Å². The highest BCUT2D eigenvalue weighted by atomic mass is 32.2. The lowest BCUT2D eigenvalue weighted by Crippen LogP contribution is -2.36. The molecule has 0 spiro atoms. The summed E-state index contributed by atoms with van der Waals surface area (Å²) in [5.41, 5.74) is 0. The minimum Gasteiger partial charge on any atom is -0.480 e. The standard InChI is InChI=1S/C12H23NO5S/c1-3-17-11(18-4-2)6-8-19-7-5-10(12(15)16)13-9-14/h9-11H,3-8H2,1-2H3,(H,13,14)(H,15,16). The Kier molecular flexibility index (Phi) is 11.7. The summed E-state index contributed by atoms with van der Waals surface area (Å²) in [6, 6.07) is -0.806. The molecule has 0 aliphatic rings. The Balaban J connectivity index is 3.71. The zero-order chi connectivity index (χ0) is 14.5. The molecule has 0 fully saturated rings. The van der Waals surface area contributed by atoms with Crippen molar-refractivity contribution in [3.05, 3.63) is 0 Å². The molecule has 0 rings (SSSR count). The summed E-state index contributed by atoms with van der Waals surface area (Å²) in [7, 11) is 0. The maximum atomic E-state index is 10.8. The minimum atomic E-state index is -1.01. The number of carbonyl (C=O) groups excluding carboxylic acids is 1. The van der Waals surface area contributed by atoms with Crippen molar-refractivity contribution in [2.24, 2.45) is 0 Å². The lowest BCUT2D eigenvalue weighted by molar-refractivity contribution is -0.140. The van der Waals surface area contributed by atoms with Crippen LogP contribution < -0.4 is 5.32 Å². The fraction of sp³-hybridized carbons (Fsp3) is 0.833. The third kappa shape index (κ3) is 9.75. The van der Waals surface area contributed by atoms with Crippen LogP contribution in [0.2, 0.25) is 0 Å². The predicted octanol–water partition coefficient (Wildman–Crippen LogP) is 1.10. The number of nitrogens with one attached hydrogen (secondary N) is 1. The van der Waals surface area contributed by atoms with E-state index in [0.29, 0.717) is 31.8 Å². The molecule has 0 heterocycles. The first kappa shape index (κ1) is 18.2. The van der Waals surface area contributed by atoms with Crippen molar-refractivity contribution >= 4 is 24.1 Å². The second kappa shape index (κ2) is 12.3. The highest BCUT2D eigenvalue weighted by Crippen LogP contribution is 2.11. The number of aliphatic carboxylic acids is 1. The van der Waals surface area contributed by atoms with Gasteiger partial charge in [0.1, 0.15) is 6.04 Å². The van der Waals surface area contributed by atoms with E-state index in [4.69, 9.17) is 14.6 Å². The zero-order valence-corrected chi connectivity index (χ0v) is 12.3. The lowest BCUT2D eigenvalue weighted by Gasteiger charge is -2.16. The smallest absolute Gasteiger partial charge is 0.326 e. The van der Waals surface area contributed by atoms with Crippen molar-refractivity contribution < 1.29 is 24.2 Å². The number of amides is 1. The van der Waals surface area contributed by atoms with Gasteiger partial charge in [-0.15, -0.1) is 0 Å². The van der Waals surface area contributed by atoms with Crippen molar-refractivity contribution in [3.8, 4) is 0 Å². The molecule has 0 bridgehead atoms. The number of carboxylic acids is 1.